The zero-order chi connectivity index (χ0) is 27.1. The van der Waals surface area contributed by atoms with Crippen molar-refractivity contribution >= 4 is 28.9 Å². The molecule has 8 nitrogen and oxygen atoms in total. The number of H-pyrrole nitrogens is 1. The van der Waals surface area contributed by atoms with Crippen LogP contribution >= 0.6 is 0 Å². The van der Waals surface area contributed by atoms with Crippen LogP contribution in [0.25, 0.3) is 22.0 Å². The van der Waals surface area contributed by atoms with Crippen molar-refractivity contribution in [1.29, 1.82) is 0 Å². The highest BCUT2D eigenvalue weighted by Gasteiger charge is 2.47. The molecule has 2 aliphatic rings. The minimum absolute atomic E-state index is 0.0148. The summed E-state index contributed by atoms with van der Waals surface area (Å²) < 4.78 is 5.64. The molecule has 1 aliphatic heterocycles. The highest BCUT2D eigenvalue weighted by Crippen LogP contribution is 2.44. The Morgan fingerprint density at radius 3 is 2.36 bits per heavy atom. The molecular weight excluding hydrogens is 494 g/mol. The lowest BCUT2D eigenvalue weighted by Crippen LogP contribution is -2.55. The van der Waals surface area contributed by atoms with Gasteiger partial charge in [-0.2, -0.15) is 0 Å². The van der Waals surface area contributed by atoms with Gasteiger partial charge in [0.05, 0.1) is 6.04 Å². The van der Waals surface area contributed by atoms with Crippen molar-refractivity contribution < 1.29 is 24.2 Å². The number of fused-ring (bicyclic) bond motifs is 4. The van der Waals surface area contributed by atoms with Crippen molar-refractivity contribution in [3.8, 4) is 11.1 Å². The number of para-hydroxylation sites is 1. The van der Waals surface area contributed by atoms with Crippen LogP contribution in [0.4, 0.5) is 4.79 Å². The van der Waals surface area contributed by atoms with Gasteiger partial charge in [-0.15, -0.1) is 0 Å². The Morgan fingerprint density at radius 2 is 1.67 bits per heavy atom. The van der Waals surface area contributed by atoms with Crippen molar-refractivity contribution in [1.82, 2.24) is 15.2 Å². The summed E-state index contributed by atoms with van der Waals surface area (Å²) in [6, 6.07) is 23.3. The second-order valence-corrected chi connectivity index (χ2v) is 10.5. The van der Waals surface area contributed by atoms with Crippen LogP contribution < -0.4 is 5.32 Å². The van der Waals surface area contributed by atoms with E-state index in [0.717, 1.165) is 38.7 Å². The van der Waals surface area contributed by atoms with Crippen LogP contribution in [0.5, 0.6) is 0 Å². The molecule has 2 atom stereocenters. The number of nitrogens with one attached hydrogen (secondary N) is 2. The third-order valence-corrected chi connectivity index (χ3v) is 8.06. The van der Waals surface area contributed by atoms with Gasteiger partial charge in [0.15, 0.2) is 0 Å². The van der Waals surface area contributed by atoms with Gasteiger partial charge in [-0.25, -0.2) is 9.59 Å². The number of likely N-dealkylation sites (tertiary alicyclic amines) is 1. The van der Waals surface area contributed by atoms with Crippen molar-refractivity contribution in [2.45, 2.75) is 37.3 Å². The van der Waals surface area contributed by atoms with Gasteiger partial charge in [0, 0.05) is 42.4 Å². The summed E-state index contributed by atoms with van der Waals surface area (Å²) in [4.78, 5) is 42.8. The van der Waals surface area contributed by atoms with Crippen molar-refractivity contribution in [3.05, 3.63) is 95.7 Å². The summed E-state index contributed by atoms with van der Waals surface area (Å²) >= 11 is 0. The van der Waals surface area contributed by atoms with Gasteiger partial charge in [0.25, 0.3) is 0 Å². The molecule has 3 N–H and O–H groups in total. The minimum Gasteiger partial charge on any atom is -0.479 e. The van der Waals surface area contributed by atoms with E-state index >= 15 is 0 Å². The number of amides is 2. The molecule has 0 spiro atoms. The molecule has 3 aromatic carbocycles. The summed E-state index contributed by atoms with van der Waals surface area (Å²) in [6.07, 6.45) is 1.32. The lowest BCUT2D eigenvalue weighted by molar-refractivity contribution is -0.155. The number of carboxylic acid groups (broad SMARTS) is 1. The Bertz CT molecular complexity index is 1550. The fourth-order valence-electron chi connectivity index (χ4n) is 6.02. The third-order valence-electron chi connectivity index (χ3n) is 8.06. The lowest BCUT2D eigenvalue weighted by Gasteiger charge is -2.35. The topological polar surface area (TPSA) is 112 Å². The van der Waals surface area contributed by atoms with Crippen LogP contribution in [0.2, 0.25) is 0 Å². The summed E-state index contributed by atoms with van der Waals surface area (Å²) in [6.45, 7) is 1.82. The Morgan fingerprint density at radius 1 is 1.03 bits per heavy atom. The molecule has 6 rings (SSSR count). The zero-order valence-corrected chi connectivity index (χ0v) is 21.5. The van der Waals surface area contributed by atoms with Gasteiger partial charge in [-0.1, -0.05) is 66.7 Å². The summed E-state index contributed by atoms with van der Waals surface area (Å²) in [5.41, 5.74) is 4.76. The van der Waals surface area contributed by atoms with E-state index in [1.54, 1.807) is 13.1 Å². The van der Waals surface area contributed by atoms with Gasteiger partial charge in [0.2, 0.25) is 5.91 Å². The molecule has 198 valence electrons. The van der Waals surface area contributed by atoms with Crippen molar-refractivity contribution in [2.24, 2.45) is 0 Å². The van der Waals surface area contributed by atoms with Gasteiger partial charge in [0.1, 0.15) is 12.1 Å². The average molecular weight is 524 g/mol. The maximum Gasteiger partial charge on any atom is 0.407 e. The third kappa shape index (κ3) is 4.31. The molecule has 1 fully saturated rings. The maximum atomic E-state index is 13.0. The molecule has 0 bridgehead atoms. The summed E-state index contributed by atoms with van der Waals surface area (Å²) in [5, 5.41) is 13.9. The molecule has 1 saturated heterocycles. The highest BCUT2D eigenvalue weighted by atomic mass is 16.5. The molecule has 1 aromatic heterocycles. The summed E-state index contributed by atoms with van der Waals surface area (Å²) in [7, 11) is 0. The minimum atomic E-state index is -1.47. The SMILES string of the molecule is C[C@](Cc1c[nH]c2ccccc12)(C(=O)O)N1C[C@@H](NC(=O)OCC2c3ccccc3-c3ccccc32)CC1=O. The Labute approximate surface area is 225 Å². The number of carbonyl (C=O) groups is 3. The Balaban J connectivity index is 1.12. The van der Waals surface area contributed by atoms with Crippen molar-refractivity contribution in [2.75, 3.05) is 13.2 Å². The molecule has 0 radical (unpaired) electrons. The second-order valence-electron chi connectivity index (χ2n) is 10.5. The van der Waals surface area contributed by atoms with E-state index in [9.17, 15) is 19.5 Å². The average Bonchev–Trinajstić information content (AvgIpc) is 3.61. The number of aromatic nitrogens is 1. The number of carbonyl (C=O) groups excluding carboxylic acids is 2. The fourth-order valence-corrected chi connectivity index (χ4v) is 6.02. The molecule has 39 heavy (non-hydrogen) atoms. The van der Waals surface area contributed by atoms with E-state index in [-0.39, 0.29) is 37.8 Å². The van der Waals surface area contributed by atoms with Crippen molar-refractivity contribution in [3.63, 3.8) is 0 Å². The molecule has 2 amide bonds. The Hall–Kier alpha value is -4.59. The first-order valence-corrected chi connectivity index (χ1v) is 13.1. The molecular formula is C31H29N3O5. The first-order valence-electron chi connectivity index (χ1n) is 13.1. The molecule has 1 aliphatic carbocycles. The monoisotopic (exact) mass is 523 g/mol. The van der Waals surface area contributed by atoms with E-state index in [1.807, 2.05) is 48.5 Å². The number of ether oxygens (including phenoxy) is 1. The lowest BCUT2D eigenvalue weighted by atomic mass is 9.91. The maximum absolute atomic E-state index is 13.0. The normalized spacial score (nSPS) is 18.0. The molecule has 4 aromatic rings. The van der Waals surface area contributed by atoms with Crippen LogP contribution in [0.1, 0.15) is 36.0 Å². The number of aliphatic carboxylic acids is 1. The highest BCUT2D eigenvalue weighted by molar-refractivity contribution is 5.91. The summed E-state index contributed by atoms with van der Waals surface area (Å²) in [5.74, 6) is -1.48. The number of aromatic amines is 1. The second kappa shape index (κ2) is 9.62. The first kappa shape index (κ1) is 24.7. The predicted octanol–water partition coefficient (Wildman–Crippen LogP) is 4.69. The van der Waals surface area contributed by atoms with Gasteiger partial charge in [-0.05, 0) is 40.8 Å². The Kier molecular flexibility index (Phi) is 6.10. The molecule has 8 heteroatoms. The van der Waals surface area contributed by atoms with Gasteiger partial charge in [-0.3, -0.25) is 4.79 Å². The fraction of sp³-hybridized carbons (Fsp3) is 0.258. The number of hydrogen-bond donors (Lipinski definition) is 3. The molecule has 2 heterocycles. The van der Waals surface area contributed by atoms with E-state index in [0.29, 0.717) is 0 Å². The van der Waals surface area contributed by atoms with Crippen LogP contribution in [0.15, 0.2) is 79.0 Å². The quantitative estimate of drug-likeness (QED) is 0.325. The van der Waals surface area contributed by atoms with Crippen LogP contribution in [0, 0.1) is 0 Å². The number of carboxylic acids is 1. The van der Waals surface area contributed by atoms with Crippen LogP contribution in [-0.4, -0.2) is 57.7 Å². The van der Waals surface area contributed by atoms with E-state index < -0.39 is 23.6 Å². The first-order chi connectivity index (χ1) is 18.8. The molecule has 0 unspecified atom stereocenters. The van der Waals surface area contributed by atoms with Gasteiger partial charge < -0.3 is 25.0 Å². The number of hydrogen-bond acceptors (Lipinski definition) is 4. The van der Waals surface area contributed by atoms with E-state index in [4.69, 9.17) is 4.74 Å². The van der Waals surface area contributed by atoms with Gasteiger partial charge >= 0.3 is 12.1 Å². The van der Waals surface area contributed by atoms with Crippen LogP contribution in [0.3, 0.4) is 0 Å². The largest absolute Gasteiger partial charge is 0.479 e. The van der Waals surface area contributed by atoms with E-state index in [2.05, 4.69) is 34.6 Å². The number of nitrogens with zero attached hydrogens (tertiary/aromatic N) is 1. The number of rotatable bonds is 7. The van der Waals surface area contributed by atoms with Crippen LogP contribution in [-0.2, 0) is 20.7 Å². The predicted molar refractivity (Wildman–Crippen MR) is 146 cm³/mol. The van der Waals surface area contributed by atoms with E-state index in [1.165, 1.54) is 4.90 Å². The number of alkyl carbamates (subject to hydrolysis) is 1. The smallest absolute Gasteiger partial charge is 0.407 e. The standard InChI is InChI=1S/C31H29N3O5/c1-31(29(36)37,15-19-16-32-27-13-7-6-8-21(19)27)34-17-20(14-28(34)35)33-30(38)39-18-26-24-11-4-2-9-22(24)23-10-3-5-12-25(23)26/h2-13,16,20,26,32H,14-15,17-18H2,1H3,(H,33,38)(H,36,37)/t20-,31-/m0/s1. The zero-order valence-electron chi connectivity index (χ0n) is 21.5. The number of benzene rings is 3. The molecule has 0 saturated carbocycles.